The van der Waals surface area contributed by atoms with Crippen LogP contribution in [0.2, 0.25) is 0 Å². The molecule has 1 unspecified atom stereocenters. The number of thiazole rings is 1. The van der Waals surface area contributed by atoms with E-state index in [0.29, 0.717) is 5.01 Å². The predicted molar refractivity (Wildman–Crippen MR) is 38.3 cm³/mol. The average molecular weight is 175 g/mol. The molecular formula is C6H6FNO2S. The lowest BCUT2D eigenvalue weighted by atomic mass is 10.3. The van der Waals surface area contributed by atoms with Crippen molar-refractivity contribution in [3.8, 4) is 0 Å². The molecule has 11 heavy (non-hydrogen) atoms. The third-order valence-electron chi connectivity index (χ3n) is 1.11. The Labute approximate surface area is 66.5 Å². The van der Waals surface area contributed by atoms with Crippen LogP contribution < -0.4 is 0 Å². The van der Waals surface area contributed by atoms with Gasteiger partial charge in [-0.1, -0.05) is 0 Å². The van der Waals surface area contributed by atoms with Gasteiger partial charge in [-0.3, -0.25) is 0 Å². The zero-order valence-electron chi connectivity index (χ0n) is 5.74. The van der Waals surface area contributed by atoms with Gasteiger partial charge in [-0.25, -0.2) is 14.2 Å². The topological polar surface area (TPSA) is 50.2 Å². The predicted octanol–water partition coefficient (Wildman–Crippen LogP) is 1.55. The molecule has 0 aliphatic heterocycles. The van der Waals surface area contributed by atoms with Gasteiger partial charge in [0, 0.05) is 5.38 Å². The van der Waals surface area contributed by atoms with Crippen LogP contribution in [0, 0.1) is 6.92 Å². The molecule has 1 atom stereocenters. The van der Waals surface area contributed by atoms with Gasteiger partial charge in [0.1, 0.15) is 0 Å². The fraction of sp³-hybridized carbons (Fsp3) is 0.333. The first-order valence-electron chi connectivity index (χ1n) is 2.90. The van der Waals surface area contributed by atoms with E-state index < -0.39 is 12.1 Å². The highest BCUT2D eigenvalue weighted by Gasteiger charge is 2.20. The lowest BCUT2D eigenvalue weighted by molar-refractivity contribution is -0.143. The number of aromatic nitrogens is 1. The Hall–Kier alpha value is -0.970. The zero-order valence-corrected chi connectivity index (χ0v) is 6.56. The van der Waals surface area contributed by atoms with Gasteiger partial charge in [-0.15, -0.1) is 11.3 Å². The molecule has 0 aliphatic carbocycles. The van der Waals surface area contributed by atoms with Gasteiger partial charge in [-0.2, -0.15) is 0 Å². The molecule has 1 rings (SSSR count). The van der Waals surface area contributed by atoms with Crippen LogP contribution in [0.5, 0.6) is 0 Å². The largest absolute Gasteiger partial charge is 0.479 e. The summed E-state index contributed by atoms with van der Waals surface area (Å²) in [6, 6.07) is 0. The lowest BCUT2D eigenvalue weighted by Gasteiger charge is -1.95. The quantitative estimate of drug-likeness (QED) is 0.741. The normalized spacial score (nSPS) is 12.9. The summed E-state index contributed by atoms with van der Waals surface area (Å²) in [7, 11) is 0. The number of carbonyl (C=O) groups is 1. The van der Waals surface area contributed by atoms with Gasteiger partial charge < -0.3 is 5.11 Å². The minimum atomic E-state index is -1.99. The van der Waals surface area contributed by atoms with Crippen LogP contribution in [0.3, 0.4) is 0 Å². The number of hydrogen-bond acceptors (Lipinski definition) is 3. The van der Waals surface area contributed by atoms with E-state index in [9.17, 15) is 9.18 Å². The van der Waals surface area contributed by atoms with E-state index in [0.717, 1.165) is 0 Å². The summed E-state index contributed by atoms with van der Waals surface area (Å²) in [6.07, 6.45) is -1.99. The number of hydrogen-bond donors (Lipinski definition) is 1. The lowest BCUT2D eigenvalue weighted by Crippen LogP contribution is -2.05. The molecule has 0 aromatic carbocycles. The molecule has 1 aromatic rings. The number of aliphatic carboxylic acids is 1. The summed E-state index contributed by atoms with van der Waals surface area (Å²) >= 11 is 1.24. The first-order valence-corrected chi connectivity index (χ1v) is 3.78. The fourth-order valence-electron chi connectivity index (χ4n) is 0.623. The summed E-state index contributed by atoms with van der Waals surface area (Å²) in [6.45, 7) is 1.70. The molecule has 1 heterocycles. The van der Waals surface area contributed by atoms with Gasteiger partial charge in [0.2, 0.25) is 6.17 Å². The highest BCUT2D eigenvalue weighted by Crippen LogP contribution is 2.19. The van der Waals surface area contributed by atoms with E-state index in [1.54, 1.807) is 6.92 Å². The van der Waals surface area contributed by atoms with E-state index in [4.69, 9.17) is 5.11 Å². The monoisotopic (exact) mass is 175 g/mol. The van der Waals surface area contributed by atoms with Crippen molar-refractivity contribution in [2.24, 2.45) is 0 Å². The number of carboxylic acid groups (broad SMARTS) is 1. The van der Waals surface area contributed by atoms with Crippen molar-refractivity contribution in [3.63, 3.8) is 0 Å². The molecule has 0 aliphatic rings. The highest BCUT2D eigenvalue weighted by atomic mass is 32.1. The molecule has 5 heteroatoms. The summed E-state index contributed by atoms with van der Waals surface area (Å²) in [5.74, 6) is -1.49. The molecule has 0 bridgehead atoms. The third-order valence-corrected chi connectivity index (χ3v) is 1.91. The molecule has 1 aromatic heterocycles. The number of carboxylic acids is 1. The average Bonchev–Trinajstić information content (AvgIpc) is 2.34. The first kappa shape index (κ1) is 8.13. The Morgan fingerprint density at radius 1 is 1.91 bits per heavy atom. The summed E-state index contributed by atoms with van der Waals surface area (Å²) in [5.41, 5.74) is -0.0139. The molecule has 0 fully saturated rings. The fourth-order valence-corrected chi connectivity index (χ4v) is 1.24. The molecule has 60 valence electrons. The van der Waals surface area contributed by atoms with E-state index in [1.807, 2.05) is 0 Å². The summed E-state index contributed by atoms with van der Waals surface area (Å²) in [4.78, 5) is 13.8. The molecule has 0 saturated heterocycles. The maximum atomic E-state index is 12.6. The van der Waals surface area contributed by atoms with Gasteiger partial charge in [0.25, 0.3) is 0 Å². The summed E-state index contributed by atoms with van der Waals surface area (Å²) in [5, 5.41) is 10.3. The molecular weight excluding hydrogens is 169 g/mol. The molecule has 1 N–H and O–H groups in total. The Bertz CT molecular complexity index is 273. The van der Waals surface area contributed by atoms with E-state index in [1.165, 1.54) is 16.7 Å². The van der Waals surface area contributed by atoms with E-state index >= 15 is 0 Å². The number of aryl methyl sites for hydroxylation is 1. The minimum Gasteiger partial charge on any atom is -0.479 e. The Kier molecular flexibility index (Phi) is 2.19. The second-order valence-corrected chi connectivity index (χ2v) is 3.05. The SMILES string of the molecule is Cc1nc(C(F)C(=O)O)cs1. The van der Waals surface area contributed by atoms with Crippen molar-refractivity contribution in [3.05, 3.63) is 16.1 Å². The van der Waals surface area contributed by atoms with Gasteiger partial charge in [0.05, 0.1) is 10.7 Å². The van der Waals surface area contributed by atoms with Crippen LogP contribution in [0.4, 0.5) is 4.39 Å². The Morgan fingerprint density at radius 3 is 2.91 bits per heavy atom. The van der Waals surface area contributed by atoms with Crippen LogP contribution >= 0.6 is 11.3 Å². The number of nitrogens with zero attached hydrogens (tertiary/aromatic N) is 1. The van der Waals surface area contributed by atoms with Crippen molar-refractivity contribution < 1.29 is 14.3 Å². The van der Waals surface area contributed by atoms with E-state index in [-0.39, 0.29) is 5.69 Å². The number of rotatable bonds is 2. The zero-order chi connectivity index (χ0) is 8.43. The van der Waals surface area contributed by atoms with Gasteiger partial charge in [0.15, 0.2) is 0 Å². The van der Waals surface area contributed by atoms with Crippen molar-refractivity contribution in [1.82, 2.24) is 4.98 Å². The smallest absolute Gasteiger partial charge is 0.344 e. The molecule has 0 spiro atoms. The van der Waals surface area contributed by atoms with Crippen molar-refractivity contribution >= 4 is 17.3 Å². The van der Waals surface area contributed by atoms with Crippen LogP contribution in [0.1, 0.15) is 16.9 Å². The van der Waals surface area contributed by atoms with Crippen molar-refractivity contribution in [2.75, 3.05) is 0 Å². The van der Waals surface area contributed by atoms with Crippen molar-refractivity contribution in [1.29, 1.82) is 0 Å². The second-order valence-electron chi connectivity index (χ2n) is 1.99. The van der Waals surface area contributed by atoms with E-state index in [2.05, 4.69) is 4.98 Å². The van der Waals surface area contributed by atoms with Crippen LogP contribution in [0.15, 0.2) is 5.38 Å². The van der Waals surface area contributed by atoms with Crippen molar-refractivity contribution in [2.45, 2.75) is 13.1 Å². The molecule has 0 amide bonds. The minimum absolute atomic E-state index is 0.0139. The Morgan fingerprint density at radius 2 is 2.55 bits per heavy atom. The van der Waals surface area contributed by atoms with Gasteiger partial charge in [-0.05, 0) is 6.92 Å². The maximum absolute atomic E-state index is 12.6. The first-order chi connectivity index (χ1) is 5.11. The number of halogens is 1. The number of alkyl halides is 1. The standard InChI is InChI=1S/C6H6FNO2S/c1-3-8-4(2-11-3)5(7)6(9)10/h2,5H,1H3,(H,9,10). The summed E-state index contributed by atoms with van der Waals surface area (Å²) < 4.78 is 12.6. The Balaban J connectivity index is 2.84. The molecule has 3 nitrogen and oxygen atoms in total. The third kappa shape index (κ3) is 1.74. The second kappa shape index (κ2) is 2.96. The maximum Gasteiger partial charge on any atom is 0.344 e. The molecule has 0 radical (unpaired) electrons. The van der Waals surface area contributed by atoms with Crippen LogP contribution in [0.25, 0.3) is 0 Å². The van der Waals surface area contributed by atoms with Crippen LogP contribution in [-0.4, -0.2) is 16.1 Å². The van der Waals surface area contributed by atoms with Gasteiger partial charge >= 0.3 is 5.97 Å². The molecule has 0 saturated carbocycles. The van der Waals surface area contributed by atoms with Crippen LogP contribution in [-0.2, 0) is 4.79 Å². The highest BCUT2D eigenvalue weighted by molar-refractivity contribution is 7.09.